The number of hydrogen-bond acceptors (Lipinski definition) is 4. The van der Waals surface area contributed by atoms with Gasteiger partial charge in [0.25, 0.3) is 0 Å². The summed E-state index contributed by atoms with van der Waals surface area (Å²) < 4.78 is 25.4. The molecule has 0 radical (unpaired) electrons. The summed E-state index contributed by atoms with van der Waals surface area (Å²) in [6, 6.07) is 14.4. The molecule has 2 rings (SSSR count). The van der Waals surface area contributed by atoms with Gasteiger partial charge < -0.3 is 5.32 Å². The Morgan fingerprint density at radius 3 is 2.52 bits per heavy atom. The fourth-order valence-electron chi connectivity index (χ4n) is 2.17. The lowest BCUT2D eigenvalue weighted by Gasteiger charge is -2.12. The third-order valence-corrected chi connectivity index (χ3v) is 6.44. The van der Waals surface area contributed by atoms with E-state index >= 15 is 0 Å². The molecule has 0 aliphatic heterocycles. The molecule has 0 unspecified atom stereocenters. The molecule has 0 atom stereocenters. The zero-order valence-electron chi connectivity index (χ0n) is 14.5. The summed E-state index contributed by atoms with van der Waals surface area (Å²) >= 11 is 1.52. The number of sulfonamides is 1. The fraction of sp³-hybridized carbons (Fsp3) is 0.278. The number of nitrogens with one attached hydrogen (secondary N) is 1. The van der Waals surface area contributed by atoms with Crippen LogP contribution in [0.3, 0.4) is 0 Å². The molecule has 7 heteroatoms. The minimum absolute atomic E-state index is 0.155. The number of nitrogens with zero attached hydrogens (tertiary/aromatic N) is 1. The van der Waals surface area contributed by atoms with Crippen molar-refractivity contribution in [3.63, 3.8) is 0 Å². The van der Waals surface area contributed by atoms with Crippen LogP contribution in [0.15, 0.2) is 53.4 Å². The first-order valence-corrected chi connectivity index (χ1v) is 10.3. The van der Waals surface area contributed by atoms with Gasteiger partial charge in [-0.2, -0.15) is 0 Å². The van der Waals surface area contributed by atoms with Gasteiger partial charge in [0, 0.05) is 25.5 Å². The minimum Gasteiger partial charge on any atom is -0.325 e. The summed E-state index contributed by atoms with van der Waals surface area (Å²) in [6.45, 7) is 2.05. The quantitative estimate of drug-likeness (QED) is 0.804. The highest BCUT2D eigenvalue weighted by Crippen LogP contribution is 2.19. The van der Waals surface area contributed by atoms with Gasteiger partial charge in [-0.1, -0.05) is 30.3 Å². The number of thioether (sulfide) groups is 1. The molecule has 1 N–H and O–H groups in total. The molecule has 134 valence electrons. The van der Waals surface area contributed by atoms with Crippen LogP contribution < -0.4 is 5.32 Å². The van der Waals surface area contributed by atoms with Gasteiger partial charge in [-0.25, -0.2) is 12.7 Å². The van der Waals surface area contributed by atoms with E-state index in [2.05, 4.69) is 11.4 Å². The van der Waals surface area contributed by atoms with E-state index in [9.17, 15) is 13.2 Å². The summed E-state index contributed by atoms with van der Waals surface area (Å²) in [6.07, 6.45) is 0. The van der Waals surface area contributed by atoms with Crippen LogP contribution in [0.4, 0.5) is 5.69 Å². The molecule has 5 nitrogen and oxygen atoms in total. The molecule has 0 saturated heterocycles. The van der Waals surface area contributed by atoms with Gasteiger partial charge >= 0.3 is 0 Å². The molecule has 1 amide bonds. The highest BCUT2D eigenvalue weighted by atomic mass is 32.2. The number of carbonyl (C=O) groups excluding carboxylic acids is 1. The van der Waals surface area contributed by atoms with Crippen LogP contribution in [0.1, 0.15) is 11.1 Å². The maximum absolute atomic E-state index is 12.1. The van der Waals surface area contributed by atoms with Gasteiger partial charge in [-0.05, 0) is 36.2 Å². The molecule has 25 heavy (non-hydrogen) atoms. The Balaban J connectivity index is 1.94. The van der Waals surface area contributed by atoms with Crippen molar-refractivity contribution >= 4 is 33.4 Å². The summed E-state index contributed by atoms with van der Waals surface area (Å²) in [7, 11) is -0.566. The summed E-state index contributed by atoms with van der Waals surface area (Å²) in [5, 5.41) is 2.75. The van der Waals surface area contributed by atoms with Crippen molar-refractivity contribution < 1.29 is 13.2 Å². The van der Waals surface area contributed by atoms with Crippen LogP contribution >= 0.6 is 11.8 Å². The lowest BCUT2D eigenvalue weighted by Crippen LogP contribution is -2.22. The number of rotatable bonds is 7. The van der Waals surface area contributed by atoms with Crippen molar-refractivity contribution in [3.05, 3.63) is 59.7 Å². The Kier molecular flexibility index (Phi) is 6.64. The van der Waals surface area contributed by atoms with Crippen molar-refractivity contribution in [2.45, 2.75) is 17.6 Å². The number of anilines is 1. The Labute approximate surface area is 153 Å². The molecule has 2 aromatic carbocycles. The summed E-state index contributed by atoms with van der Waals surface area (Å²) in [4.78, 5) is 12.2. The predicted octanol–water partition coefficient (Wildman–Crippen LogP) is 3.12. The number of aryl methyl sites for hydroxylation is 1. The molecule has 0 aliphatic carbocycles. The molecule has 0 heterocycles. The second-order valence-electron chi connectivity index (χ2n) is 5.78. The second-order valence-corrected chi connectivity index (χ2v) is 8.92. The number of carbonyl (C=O) groups is 1. The Hall–Kier alpha value is -1.83. The zero-order valence-corrected chi connectivity index (χ0v) is 16.2. The van der Waals surface area contributed by atoms with Gasteiger partial charge in [0.2, 0.25) is 15.9 Å². The van der Waals surface area contributed by atoms with E-state index in [1.54, 1.807) is 12.1 Å². The van der Waals surface area contributed by atoms with Crippen LogP contribution in [-0.4, -0.2) is 38.5 Å². The fourth-order valence-corrected chi connectivity index (χ4v) is 4.02. The molecule has 2 aromatic rings. The molecule has 0 aromatic heterocycles. The maximum Gasteiger partial charge on any atom is 0.242 e. The number of benzene rings is 2. The Bertz CT molecular complexity index is 849. The Morgan fingerprint density at radius 2 is 1.84 bits per heavy atom. The first-order chi connectivity index (χ1) is 11.8. The van der Waals surface area contributed by atoms with Crippen molar-refractivity contribution in [1.82, 2.24) is 4.31 Å². The second kappa shape index (κ2) is 8.51. The third kappa shape index (κ3) is 5.32. The first-order valence-electron chi connectivity index (χ1n) is 7.75. The minimum atomic E-state index is -3.52. The van der Waals surface area contributed by atoms with Gasteiger partial charge in [-0.3, -0.25) is 4.79 Å². The van der Waals surface area contributed by atoms with E-state index in [1.165, 1.54) is 49.1 Å². The highest BCUT2D eigenvalue weighted by molar-refractivity contribution is 7.99. The van der Waals surface area contributed by atoms with E-state index in [4.69, 9.17) is 0 Å². The van der Waals surface area contributed by atoms with Crippen molar-refractivity contribution in [2.24, 2.45) is 0 Å². The van der Waals surface area contributed by atoms with E-state index < -0.39 is 10.0 Å². The normalized spacial score (nSPS) is 11.5. The monoisotopic (exact) mass is 378 g/mol. The summed E-state index contributed by atoms with van der Waals surface area (Å²) in [5.74, 6) is 0.909. The van der Waals surface area contributed by atoms with Gasteiger partial charge in [-0.15, -0.1) is 11.8 Å². The van der Waals surface area contributed by atoms with E-state index in [0.717, 1.165) is 10.1 Å². The Morgan fingerprint density at radius 1 is 1.12 bits per heavy atom. The first kappa shape index (κ1) is 19.5. The van der Waals surface area contributed by atoms with Crippen LogP contribution in [0.25, 0.3) is 0 Å². The lowest BCUT2D eigenvalue weighted by molar-refractivity contribution is -0.113. The number of hydrogen-bond donors (Lipinski definition) is 1. The van der Waals surface area contributed by atoms with Crippen molar-refractivity contribution in [2.75, 3.05) is 25.2 Å². The van der Waals surface area contributed by atoms with Gasteiger partial charge in [0.15, 0.2) is 0 Å². The van der Waals surface area contributed by atoms with Crippen LogP contribution in [0, 0.1) is 6.92 Å². The van der Waals surface area contributed by atoms with Crippen LogP contribution in [0.2, 0.25) is 0 Å². The topological polar surface area (TPSA) is 66.5 Å². The molecular formula is C18H22N2O3S2. The molecule has 0 aliphatic rings. The highest BCUT2D eigenvalue weighted by Gasteiger charge is 2.17. The van der Waals surface area contributed by atoms with E-state index in [-0.39, 0.29) is 10.8 Å². The summed E-state index contributed by atoms with van der Waals surface area (Å²) in [5.41, 5.74) is 2.89. The van der Waals surface area contributed by atoms with Gasteiger partial charge in [0.1, 0.15) is 0 Å². The molecule has 0 fully saturated rings. The molecule has 0 spiro atoms. The standard InChI is InChI=1S/C18H22N2O3S2/c1-14-7-4-5-8-15(14)12-24-13-18(21)19-16-9-6-10-17(11-16)25(22,23)20(2)3/h4-11H,12-13H2,1-3H3,(H,19,21). The largest absolute Gasteiger partial charge is 0.325 e. The van der Waals surface area contributed by atoms with Crippen LogP contribution in [-0.2, 0) is 20.6 Å². The average molecular weight is 379 g/mol. The maximum atomic E-state index is 12.1. The van der Waals surface area contributed by atoms with Crippen LogP contribution in [0.5, 0.6) is 0 Å². The van der Waals surface area contributed by atoms with Gasteiger partial charge in [0.05, 0.1) is 10.6 Å². The number of amides is 1. The zero-order chi connectivity index (χ0) is 18.4. The molecule has 0 bridgehead atoms. The molecule has 0 saturated carbocycles. The smallest absolute Gasteiger partial charge is 0.242 e. The van der Waals surface area contributed by atoms with Crippen molar-refractivity contribution in [1.29, 1.82) is 0 Å². The molecular weight excluding hydrogens is 356 g/mol. The lowest BCUT2D eigenvalue weighted by atomic mass is 10.1. The third-order valence-electron chi connectivity index (χ3n) is 3.65. The predicted molar refractivity (Wildman–Crippen MR) is 103 cm³/mol. The van der Waals surface area contributed by atoms with E-state index in [0.29, 0.717) is 11.4 Å². The van der Waals surface area contributed by atoms with Crippen molar-refractivity contribution in [3.8, 4) is 0 Å². The van der Waals surface area contributed by atoms with E-state index in [1.807, 2.05) is 25.1 Å². The SMILES string of the molecule is Cc1ccccc1CSCC(=O)Nc1cccc(S(=O)(=O)N(C)C)c1. The average Bonchev–Trinajstić information content (AvgIpc) is 2.56.